The summed E-state index contributed by atoms with van der Waals surface area (Å²) in [6, 6.07) is 43.8. The van der Waals surface area contributed by atoms with Crippen LogP contribution in [0.4, 0.5) is 0 Å². The first-order chi connectivity index (χ1) is 18.3. The highest BCUT2D eigenvalue weighted by Gasteiger charge is 2.50. The lowest BCUT2D eigenvalue weighted by Gasteiger charge is -2.53. The molecule has 2 nitrogen and oxygen atoms in total. The van der Waals surface area contributed by atoms with Gasteiger partial charge in [-0.3, -0.25) is 0 Å². The molecule has 4 heteroatoms. The van der Waals surface area contributed by atoms with Crippen LogP contribution in [0.25, 0.3) is 0 Å². The van der Waals surface area contributed by atoms with Crippen molar-refractivity contribution in [2.24, 2.45) is 0 Å². The first-order valence-corrected chi connectivity index (χ1v) is 16.5. The van der Waals surface area contributed by atoms with Crippen LogP contribution < -0.4 is 21.2 Å². The minimum atomic E-state index is -0.604. The number of ether oxygens (including phenoxy) is 2. The van der Waals surface area contributed by atoms with Crippen molar-refractivity contribution in [3.8, 4) is 0 Å². The second kappa shape index (κ2) is 11.8. The molecule has 0 spiro atoms. The Morgan fingerprint density at radius 3 is 0.921 bits per heavy atom. The highest BCUT2D eigenvalue weighted by molar-refractivity contribution is 7.73. The third kappa shape index (κ3) is 6.11. The highest BCUT2D eigenvalue weighted by Crippen LogP contribution is 2.46. The fourth-order valence-electron chi connectivity index (χ4n) is 5.01. The van der Waals surface area contributed by atoms with Gasteiger partial charge in [-0.2, -0.15) is 0 Å². The summed E-state index contributed by atoms with van der Waals surface area (Å²) in [5, 5.41) is 5.53. The summed E-state index contributed by atoms with van der Waals surface area (Å²) in [7, 11) is -1.21. The maximum absolute atomic E-state index is 7.05. The summed E-state index contributed by atoms with van der Waals surface area (Å²) in [4.78, 5) is 0. The molecule has 0 N–H and O–H groups in total. The van der Waals surface area contributed by atoms with Gasteiger partial charge in [0.1, 0.15) is 0 Å². The van der Waals surface area contributed by atoms with Gasteiger partial charge in [0.05, 0.1) is 23.4 Å². The first kappa shape index (κ1) is 27.2. The Hall–Kier alpha value is -2.34. The number of rotatable bonds is 8. The van der Waals surface area contributed by atoms with Crippen molar-refractivity contribution >= 4 is 37.1 Å². The van der Waals surface area contributed by atoms with E-state index in [1.165, 1.54) is 21.2 Å². The lowest BCUT2D eigenvalue weighted by molar-refractivity contribution is -0.283. The third-order valence-electron chi connectivity index (χ3n) is 7.75. The predicted octanol–water partition coefficient (Wildman–Crippen LogP) is 6.59. The Kier molecular flexibility index (Phi) is 8.47. The molecule has 2 atom stereocenters. The van der Waals surface area contributed by atoms with Crippen molar-refractivity contribution in [1.82, 2.24) is 0 Å². The molecule has 1 heterocycles. The second-order valence-electron chi connectivity index (χ2n) is 10.9. The fourth-order valence-corrected chi connectivity index (χ4v) is 9.92. The van der Waals surface area contributed by atoms with Gasteiger partial charge >= 0.3 is 0 Å². The Balaban J connectivity index is 1.52. The number of hydrogen-bond donors (Lipinski definition) is 0. The molecule has 1 unspecified atom stereocenters. The smallest absolute Gasteiger partial charge is 0.0914 e. The fraction of sp³-hybridized carbons (Fsp3) is 0.294. The van der Waals surface area contributed by atoms with Crippen LogP contribution in [0.2, 0.25) is 0 Å². The number of hydrogen-bond acceptors (Lipinski definition) is 2. The van der Waals surface area contributed by atoms with Gasteiger partial charge < -0.3 is 9.47 Å². The van der Waals surface area contributed by atoms with E-state index in [-0.39, 0.29) is 12.2 Å². The molecule has 0 aliphatic carbocycles. The normalized spacial score (nSPS) is 20.5. The van der Waals surface area contributed by atoms with Crippen LogP contribution >= 0.6 is 15.8 Å². The van der Waals surface area contributed by atoms with E-state index in [4.69, 9.17) is 9.47 Å². The van der Waals surface area contributed by atoms with Crippen molar-refractivity contribution in [2.45, 2.75) is 51.1 Å². The van der Waals surface area contributed by atoms with E-state index < -0.39 is 27.0 Å². The zero-order valence-electron chi connectivity index (χ0n) is 22.8. The van der Waals surface area contributed by atoms with Gasteiger partial charge in [-0.1, -0.05) is 121 Å². The van der Waals surface area contributed by atoms with Crippen LogP contribution in [-0.2, 0) is 9.47 Å². The third-order valence-corrected chi connectivity index (χ3v) is 12.9. The van der Waals surface area contributed by atoms with E-state index in [0.717, 1.165) is 12.3 Å². The molecule has 4 aromatic rings. The molecule has 0 amide bonds. The molecule has 1 aliphatic rings. The summed E-state index contributed by atoms with van der Waals surface area (Å²) >= 11 is 0. The summed E-state index contributed by atoms with van der Waals surface area (Å²) in [6.07, 6.45) is 1.84. The molecule has 196 valence electrons. The van der Waals surface area contributed by atoms with Crippen LogP contribution in [0.15, 0.2) is 121 Å². The molecule has 1 aliphatic heterocycles. The summed E-state index contributed by atoms with van der Waals surface area (Å²) in [6.45, 7) is 8.73. The van der Waals surface area contributed by atoms with Crippen molar-refractivity contribution < 1.29 is 9.47 Å². The quantitative estimate of drug-likeness (QED) is 0.235. The molecule has 0 saturated carbocycles. The van der Waals surface area contributed by atoms with E-state index in [1.54, 1.807) is 0 Å². The van der Waals surface area contributed by atoms with Gasteiger partial charge in [-0.15, -0.1) is 0 Å². The minimum absolute atomic E-state index is 0.0121. The van der Waals surface area contributed by atoms with E-state index in [0.29, 0.717) is 0 Å². The van der Waals surface area contributed by atoms with Gasteiger partial charge in [0.15, 0.2) is 0 Å². The lowest BCUT2D eigenvalue weighted by Crippen LogP contribution is -2.62. The SMILES string of the molecule is CC1(C)OC(CP(c2ccccc2)c2ccccc2)[C@H](CP(c2ccccc2)c2ccccc2)OC1(C)C. The molecule has 0 aromatic heterocycles. The van der Waals surface area contributed by atoms with Crippen molar-refractivity contribution in [3.63, 3.8) is 0 Å². The molecule has 0 radical (unpaired) electrons. The van der Waals surface area contributed by atoms with Crippen molar-refractivity contribution in [3.05, 3.63) is 121 Å². The Morgan fingerprint density at radius 1 is 0.447 bits per heavy atom. The van der Waals surface area contributed by atoms with Crippen molar-refractivity contribution in [2.75, 3.05) is 12.3 Å². The average molecular weight is 541 g/mol. The molecule has 1 fully saturated rings. The number of benzene rings is 4. The Labute approximate surface area is 230 Å². The monoisotopic (exact) mass is 540 g/mol. The first-order valence-electron chi connectivity index (χ1n) is 13.4. The second-order valence-corrected chi connectivity index (χ2v) is 15.4. The summed E-state index contributed by atoms with van der Waals surface area (Å²) < 4.78 is 14.1. The van der Waals surface area contributed by atoms with Crippen LogP contribution in [0.1, 0.15) is 27.7 Å². The predicted molar refractivity (Wildman–Crippen MR) is 166 cm³/mol. The Morgan fingerprint density at radius 2 is 0.684 bits per heavy atom. The molecular weight excluding hydrogens is 502 g/mol. The maximum Gasteiger partial charge on any atom is 0.0914 e. The Bertz CT molecular complexity index is 1100. The molecule has 0 bridgehead atoms. The molecule has 4 aromatic carbocycles. The summed E-state index contributed by atoms with van der Waals surface area (Å²) in [5.41, 5.74) is -0.796. The molecular formula is C34H38O2P2. The van der Waals surface area contributed by atoms with Crippen LogP contribution in [0, 0.1) is 0 Å². The molecule has 5 rings (SSSR count). The average Bonchev–Trinajstić information content (AvgIpc) is 2.94. The van der Waals surface area contributed by atoms with E-state index in [1.807, 2.05) is 0 Å². The minimum Gasteiger partial charge on any atom is -0.366 e. The van der Waals surface area contributed by atoms with Gasteiger partial charge in [-0.05, 0) is 64.8 Å². The zero-order valence-corrected chi connectivity index (χ0v) is 24.6. The van der Waals surface area contributed by atoms with E-state index >= 15 is 0 Å². The van der Waals surface area contributed by atoms with Crippen LogP contribution in [0.5, 0.6) is 0 Å². The van der Waals surface area contributed by atoms with Gasteiger partial charge in [0.2, 0.25) is 0 Å². The standard InChI is InChI=1S/C34H38O2P2/c1-33(2)34(3,4)36-32(26-38(29-21-13-7-14-22-29)30-23-15-8-16-24-30)31(35-33)25-37(27-17-9-5-10-18-27)28-19-11-6-12-20-28/h5-24,31-32H,25-26H2,1-4H3/t31-,32?/m0/s1. The van der Waals surface area contributed by atoms with Gasteiger partial charge in [0, 0.05) is 12.3 Å². The highest BCUT2D eigenvalue weighted by atomic mass is 31.1. The topological polar surface area (TPSA) is 18.5 Å². The maximum atomic E-state index is 7.05. The van der Waals surface area contributed by atoms with E-state index in [9.17, 15) is 0 Å². The largest absolute Gasteiger partial charge is 0.366 e. The van der Waals surface area contributed by atoms with Crippen LogP contribution in [0.3, 0.4) is 0 Å². The zero-order chi connectivity index (χ0) is 26.6. The molecule has 1 saturated heterocycles. The van der Waals surface area contributed by atoms with E-state index in [2.05, 4.69) is 149 Å². The van der Waals surface area contributed by atoms with Crippen molar-refractivity contribution in [1.29, 1.82) is 0 Å². The van der Waals surface area contributed by atoms with Gasteiger partial charge in [-0.25, -0.2) is 0 Å². The molecule has 38 heavy (non-hydrogen) atoms. The summed E-state index contributed by atoms with van der Waals surface area (Å²) in [5.74, 6) is 0. The lowest BCUT2D eigenvalue weighted by atomic mass is 9.87. The van der Waals surface area contributed by atoms with Gasteiger partial charge in [0.25, 0.3) is 0 Å². The van der Waals surface area contributed by atoms with Crippen LogP contribution in [-0.4, -0.2) is 35.7 Å².